The van der Waals surface area contributed by atoms with Crippen molar-refractivity contribution in [2.75, 3.05) is 0 Å². The van der Waals surface area contributed by atoms with Gasteiger partial charge in [-0.2, -0.15) is 4.79 Å². The van der Waals surface area contributed by atoms with Gasteiger partial charge >= 0.3 is 5.71 Å². The Morgan fingerprint density at radius 2 is 1.27 bits per heavy atom. The number of hydrogen-bond acceptors (Lipinski definition) is 2. The molecule has 2 rings (SSSR count). The summed E-state index contributed by atoms with van der Waals surface area (Å²) in [5, 5.41) is 0. The van der Waals surface area contributed by atoms with Crippen molar-refractivity contribution >= 4 is 5.71 Å². The first-order chi connectivity index (χ1) is 7.42. The summed E-state index contributed by atoms with van der Waals surface area (Å²) in [7, 11) is 0. The normalized spacial score (nSPS) is 9.33. The van der Waals surface area contributed by atoms with E-state index in [0.717, 1.165) is 11.1 Å². The Balaban J connectivity index is 2.48. The van der Waals surface area contributed by atoms with Gasteiger partial charge in [0.1, 0.15) is 0 Å². The lowest BCUT2D eigenvalue weighted by Gasteiger charge is -1.95. The molecule has 0 fully saturated rings. The summed E-state index contributed by atoms with van der Waals surface area (Å²) >= 11 is 0. The minimum absolute atomic E-state index is 0.514. The minimum Gasteiger partial charge on any atom is -0.361 e. The van der Waals surface area contributed by atoms with Crippen LogP contribution in [0.1, 0.15) is 11.1 Å². The van der Waals surface area contributed by atoms with Crippen LogP contribution in [-0.4, -0.2) is 20.5 Å². The van der Waals surface area contributed by atoms with Gasteiger partial charge in [0.25, 0.3) is 0 Å². The third-order valence-corrected chi connectivity index (χ3v) is 2.01. The van der Waals surface area contributed by atoms with E-state index in [9.17, 15) is 0 Å². The van der Waals surface area contributed by atoms with E-state index in [2.05, 4.69) is 14.8 Å². The van der Waals surface area contributed by atoms with Gasteiger partial charge in [-0.05, 0) is 24.3 Å². The Morgan fingerprint density at radius 1 is 0.867 bits per heavy atom. The number of aromatic nitrogens is 2. The third-order valence-electron chi connectivity index (χ3n) is 2.01. The molecule has 0 aliphatic rings. The lowest BCUT2D eigenvalue weighted by atomic mass is 10.1. The Hall–Kier alpha value is -2.32. The van der Waals surface area contributed by atoms with Crippen LogP contribution < -0.4 is 0 Å². The molecule has 0 aromatic carbocycles. The molecule has 72 valence electrons. The van der Waals surface area contributed by atoms with Crippen molar-refractivity contribution in [2.45, 2.75) is 0 Å². The van der Waals surface area contributed by atoms with Crippen molar-refractivity contribution < 1.29 is 4.79 Å². The fourth-order valence-electron chi connectivity index (χ4n) is 1.30. The number of rotatable bonds is 2. The van der Waals surface area contributed by atoms with Crippen molar-refractivity contribution in [3.8, 4) is 0 Å². The Labute approximate surface area is 86.9 Å². The molecule has 0 aliphatic carbocycles. The van der Waals surface area contributed by atoms with E-state index in [-0.39, 0.29) is 0 Å². The Bertz CT molecular complexity index is 445. The van der Waals surface area contributed by atoms with Crippen LogP contribution in [0.5, 0.6) is 0 Å². The maximum atomic E-state index is 8.98. The molecule has 2 aromatic rings. The van der Waals surface area contributed by atoms with E-state index >= 15 is 0 Å². The monoisotopic (exact) mass is 196 g/mol. The van der Waals surface area contributed by atoms with E-state index < -0.39 is 0 Å². The maximum Gasteiger partial charge on any atom is 0.329 e. The summed E-state index contributed by atoms with van der Waals surface area (Å²) in [6.07, 6.45) is 6.62. The van der Waals surface area contributed by atoms with Gasteiger partial charge in [0.05, 0.1) is 11.1 Å². The Kier molecular flexibility index (Phi) is 2.63. The highest BCUT2D eigenvalue weighted by Crippen LogP contribution is 2.06. The van der Waals surface area contributed by atoms with Crippen molar-refractivity contribution in [1.29, 1.82) is 0 Å². The average molecular weight is 196 g/mol. The lowest BCUT2D eigenvalue weighted by molar-refractivity contribution is -0.00280. The molecule has 0 atom stereocenters. The zero-order chi connectivity index (χ0) is 10.5. The first-order valence-corrected chi connectivity index (χ1v) is 4.44. The largest absolute Gasteiger partial charge is 0.361 e. The molecule has 2 aromatic heterocycles. The fraction of sp³-hybridized carbons (Fsp3) is 0. The summed E-state index contributed by atoms with van der Waals surface area (Å²) in [5.74, 6) is 0. The van der Waals surface area contributed by atoms with Crippen LogP contribution in [-0.2, 0) is 0 Å². The smallest absolute Gasteiger partial charge is 0.329 e. The molecule has 0 saturated carbocycles. The predicted octanol–water partition coefficient (Wildman–Crippen LogP) is 1.54. The third kappa shape index (κ3) is 1.95. The van der Waals surface area contributed by atoms with Crippen molar-refractivity contribution in [3.63, 3.8) is 0 Å². The average Bonchev–Trinajstić information content (AvgIpc) is 2.33. The van der Waals surface area contributed by atoms with Gasteiger partial charge in [-0.15, -0.1) is 0 Å². The molecule has 0 N–H and O–H groups in total. The van der Waals surface area contributed by atoms with Crippen LogP contribution in [0.4, 0.5) is 0 Å². The predicted molar refractivity (Wildman–Crippen MR) is 55.3 cm³/mol. The molecule has 2 heterocycles. The number of hydrogen-bond donors (Lipinski definition) is 0. The first kappa shape index (κ1) is 9.24. The van der Waals surface area contributed by atoms with Crippen molar-refractivity contribution in [2.24, 2.45) is 0 Å². The van der Waals surface area contributed by atoms with Crippen molar-refractivity contribution in [3.05, 3.63) is 65.7 Å². The van der Waals surface area contributed by atoms with Gasteiger partial charge in [-0.3, -0.25) is 9.97 Å². The molecule has 0 bridgehead atoms. The summed E-state index contributed by atoms with van der Waals surface area (Å²) in [5.41, 5.74) is 11.1. The Morgan fingerprint density at radius 3 is 1.60 bits per heavy atom. The van der Waals surface area contributed by atoms with Crippen LogP contribution in [0.25, 0.3) is 5.53 Å². The molecule has 4 nitrogen and oxygen atoms in total. The molecule has 0 unspecified atom stereocenters. The second kappa shape index (κ2) is 4.26. The van der Waals surface area contributed by atoms with Gasteiger partial charge in [0.2, 0.25) is 0 Å². The summed E-state index contributed by atoms with van der Waals surface area (Å²) in [4.78, 5) is 11.1. The van der Waals surface area contributed by atoms with Crippen LogP contribution in [0, 0.1) is 0 Å². The second-order valence-corrected chi connectivity index (χ2v) is 2.92. The zero-order valence-electron chi connectivity index (χ0n) is 7.91. The van der Waals surface area contributed by atoms with Crippen LogP contribution in [0.15, 0.2) is 49.1 Å². The second-order valence-electron chi connectivity index (χ2n) is 2.92. The van der Waals surface area contributed by atoms with Crippen LogP contribution in [0.2, 0.25) is 0 Å². The highest BCUT2D eigenvalue weighted by molar-refractivity contribution is 6.08. The summed E-state index contributed by atoms with van der Waals surface area (Å²) in [6.45, 7) is 0. The zero-order valence-corrected chi connectivity index (χ0v) is 7.91. The van der Waals surface area contributed by atoms with E-state index in [1.54, 1.807) is 49.1 Å². The van der Waals surface area contributed by atoms with Gasteiger partial charge < -0.3 is 5.53 Å². The molecule has 15 heavy (non-hydrogen) atoms. The van der Waals surface area contributed by atoms with Gasteiger partial charge in [0, 0.05) is 24.8 Å². The van der Waals surface area contributed by atoms with E-state index in [1.807, 2.05) is 0 Å². The highest BCUT2D eigenvalue weighted by atomic mass is 14.9. The minimum atomic E-state index is 0.514. The molecule has 0 saturated heterocycles. The molecule has 0 aliphatic heterocycles. The number of nitrogens with zero attached hydrogens (tertiary/aromatic N) is 4. The molecular weight excluding hydrogens is 188 g/mol. The lowest BCUT2D eigenvalue weighted by Crippen LogP contribution is -2.04. The van der Waals surface area contributed by atoms with Crippen LogP contribution >= 0.6 is 0 Å². The standard InChI is InChI=1S/C11H8N4/c12-15-11(9-1-5-13-6-2-9)10-3-7-14-8-4-10/h1-8H. The molecule has 0 radical (unpaired) electrons. The van der Waals surface area contributed by atoms with Gasteiger partial charge in [0.15, 0.2) is 0 Å². The molecule has 0 amide bonds. The van der Waals surface area contributed by atoms with E-state index in [4.69, 9.17) is 5.53 Å². The molecular formula is C11H8N4. The summed E-state index contributed by atoms with van der Waals surface area (Å²) in [6, 6.07) is 7.15. The van der Waals surface area contributed by atoms with Crippen molar-refractivity contribution in [1.82, 2.24) is 9.97 Å². The fourth-order valence-corrected chi connectivity index (χ4v) is 1.30. The van der Waals surface area contributed by atoms with E-state index in [0.29, 0.717) is 5.71 Å². The quantitative estimate of drug-likeness (QED) is 0.415. The first-order valence-electron chi connectivity index (χ1n) is 4.44. The van der Waals surface area contributed by atoms with Gasteiger partial charge in [-0.25, -0.2) is 0 Å². The maximum absolute atomic E-state index is 8.98. The van der Waals surface area contributed by atoms with Gasteiger partial charge in [-0.1, -0.05) is 0 Å². The topological polar surface area (TPSA) is 62.2 Å². The highest BCUT2D eigenvalue weighted by Gasteiger charge is 2.13. The van der Waals surface area contributed by atoms with Crippen LogP contribution in [0.3, 0.4) is 0 Å². The number of pyridine rings is 2. The van der Waals surface area contributed by atoms with E-state index in [1.165, 1.54) is 0 Å². The molecule has 0 spiro atoms. The molecule has 4 heteroatoms. The SMILES string of the molecule is [N-]=[N+]=C(c1ccncc1)c1ccncc1. The summed E-state index contributed by atoms with van der Waals surface area (Å²) < 4.78 is 0.